The summed E-state index contributed by atoms with van der Waals surface area (Å²) in [4.78, 5) is 11.0. The van der Waals surface area contributed by atoms with E-state index in [1.165, 1.54) is 0 Å². The molecule has 0 saturated carbocycles. The van der Waals surface area contributed by atoms with E-state index in [0.717, 1.165) is 22.4 Å². The molecular formula is C18H16BrN7O2. The van der Waals surface area contributed by atoms with Crippen LogP contribution in [0.3, 0.4) is 0 Å². The number of ether oxygens (including phenoxy) is 1. The van der Waals surface area contributed by atoms with Crippen LogP contribution in [0.25, 0.3) is 22.5 Å². The average Bonchev–Trinajstić information content (AvgIpc) is 3.34. The molecule has 10 heteroatoms. The van der Waals surface area contributed by atoms with Crippen molar-refractivity contribution in [3.05, 3.63) is 47.2 Å². The molecule has 5 rings (SSSR count). The number of aryl methyl sites for hydroxylation is 1. The number of aromatic nitrogens is 6. The predicted octanol–water partition coefficient (Wildman–Crippen LogP) is 2.75. The summed E-state index contributed by atoms with van der Waals surface area (Å²) < 4.78 is 14.1. The maximum atomic E-state index is 5.99. The van der Waals surface area contributed by atoms with Crippen molar-refractivity contribution in [2.75, 3.05) is 24.7 Å². The van der Waals surface area contributed by atoms with Crippen molar-refractivity contribution >= 4 is 32.8 Å². The second kappa shape index (κ2) is 6.95. The molecule has 4 aromatic rings. The van der Waals surface area contributed by atoms with E-state index in [1.807, 2.05) is 37.4 Å². The van der Waals surface area contributed by atoms with Gasteiger partial charge >= 0.3 is 0 Å². The molecule has 4 heterocycles. The first-order valence-corrected chi connectivity index (χ1v) is 9.58. The van der Waals surface area contributed by atoms with Crippen LogP contribution in [0.5, 0.6) is 0 Å². The minimum atomic E-state index is -0.246. The van der Waals surface area contributed by atoms with E-state index < -0.39 is 0 Å². The quantitative estimate of drug-likeness (QED) is 0.478. The van der Waals surface area contributed by atoms with Gasteiger partial charge in [-0.2, -0.15) is 5.10 Å². The molecule has 0 radical (unpaired) electrons. The molecular weight excluding hydrogens is 426 g/mol. The zero-order valence-electron chi connectivity index (χ0n) is 15.0. The van der Waals surface area contributed by atoms with Crippen LogP contribution in [-0.4, -0.2) is 49.7 Å². The average molecular weight is 442 g/mol. The van der Waals surface area contributed by atoms with E-state index in [2.05, 4.69) is 46.1 Å². The molecule has 1 atom stereocenters. The Morgan fingerprint density at radius 3 is 2.86 bits per heavy atom. The number of anilines is 1. The Balaban J connectivity index is 1.56. The van der Waals surface area contributed by atoms with Gasteiger partial charge in [0.25, 0.3) is 0 Å². The van der Waals surface area contributed by atoms with Crippen LogP contribution in [-0.2, 0) is 11.8 Å². The topological polar surface area (TPSA) is 95.0 Å². The molecule has 0 aliphatic carbocycles. The number of hydrogen-bond acceptors (Lipinski definition) is 8. The van der Waals surface area contributed by atoms with Gasteiger partial charge in [0.2, 0.25) is 11.8 Å². The number of rotatable bonds is 3. The minimum absolute atomic E-state index is 0.246. The fourth-order valence-corrected chi connectivity index (χ4v) is 3.96. The lowest BCUT2D eigenvalue weighted by atomic mass is 10.2. The highest BCUT2D eigenvalue weighted by Gasteiger charge is 2.32. The van der Waals surface area contributed by atoms with Crippen LogP contribution in [0.15, 0.2) is 45.7 Å². The van der Waals surface area contributed by atoms with E-state index in [4.69, 9.17) is 9.15 Å². The van der Waals surface area contributed by atoms with E-state index in [0.29, 0.717) is 36.1 Å². The number of morpholine rings is 1. The molecule has 1 unspecified atom stereocenters. The smallest absolute Gasteiger partial charge is 0.247 e. The zero-order chi connectivity index (χ0) is 19.1. The Hall–Kier alpha value is -2.85. The Morgan fingerprint density at radius 2 is 2.00 bits per heavy atom. The summed E-state index contributed by atoms with van der Waals surface area (Å²) in [6.07, 6.45) is 1.54. The van der Waals surface area contributed by atoms with E-state index in [1.54, 1.807) is 11.0 Å². The van der Waals surface area contributed by atoms with Gasteiger partial charge in [0.1, 0.15) is 22.8 Å². The molecule has 1 aromatic carbocycles. The Morgan fingerprint density at radius 1 is 1.14 bits per heavy atom. The lowest BCUT2D eigenvalue weighted by Gasteiger charge is -2.34. The number of nitrogens with zero attached hydrogens (tertiary/aromatic N) is 7. The third-order valence-corrected chi connectivity index (χ3v) is 5.26. The van der Waals surface area contributed by atoms with Crippen molar-refractivity contribution < 1.29 is 9.15 Å². The minimum Gasteiger partial charge on any atom is -0.418 e. The van der Waals surface area contributed by atoms with Gasteiger partial charge in [-0.05, 0) is 28.1 Å². The van der Waals surface area contributed by atoms with E-state index in [-0.39, 0.29) is 6.04 Å². The van der Waals surface area contributed by atoms with Gasteiger partial charge in [-0.3, -0.25) is 0 Å². The third kappa shape index (κ3) is 2.85. The third-order valence-electron chi connectivity index (χ3n) is 4.70. The van der Waals surface area contributed by atoms with Crippen molar-refractivity contribution in [1.82, 2.24) is 29.9 Å². The van der Waals surface area contributed by atoms with Crippen molar-refractivity contribution in [2.45, 2.75) is 6.04 Å². The number of hydrogen-bond donors (Lipinski definition) is 0. The maximum absolute atomic E-state index is 5.99. The van der Waals surface area contributed by atoms with Gasteiger partial charge in [-0.15, -0.1) is 10.2 Å². The van der Waals surface area contributed by atoms with Crippen molar-refractivity contribution in [2.24, 2.45) is 7.05 Å². The predicted molar refractivity (Wildman–Crippen MR) is 105 cm³/mol. The standard InChI is InChI=1S/C18H16BrN7O2/c1-25-15-13(14(19)24-25)16(21-10-20-15)26-7-8-27-9-12(26)18-23-22-17(28-18)11-5-3-2-4-6-11/h2-6,10,12H,7-9H2,1H3. The van der Waals surface area contributed by atoms with Gasteiger partial charge in [-0.25, -0.2) is 14.6 Å². The van der Waals surface area contributed by atoms with Gasteiger partial charge in [0, 0.05) is 19.2 Å². The largest absolute Gasteiger partial charge is 0.418 e. The normalized spacial score (nSPS) is 17.4. The Kier molecular flexibility index (Phi) is 4.29. The molecule has 1 saturated heterocycles. The van der Waals surface area contributed by atoms with Crippen LogP contribution in [0.4, 0.5) is 5.82 Å². The van der Waals surface area contributed by atoms with Crippen molar-refractivity contribution in [3.8, 4) is 11.5 Å². The molecule has 28 heavy (non-hydrogen) atoms. The van der Waals surface area contributed by atoms with Gasteiger partial charge in [0.15, 0.2) is 5.65 Å². The van der Waals surface area contributed by atoms with E-state index >= 15 is 0 Å². The lowest BCUT2D eigenvalue weighted by Crippen LogP contribution is -2.40. The Bertz CT molecular complexity index is 1130. The van der Waals surface area contributed by atoms with Crippen LogP contribution in [0, 0.1) is 0 Å². The van der Waals surface area contributed by atoms with Gasteiger partial charge in [-0.1, -0.05) is 18.2 Å². The first-order valence-electron chi connectivity index (χ1n) is 8.79. The molecule has 3 aromatic heterocycles. The number of halogens is 1. The molecule has 1 aliphatic rings. The summed E-state index contributed by atoms with van der Waals surface area (Å²) >= 11 is 3.52. The first-order chi connectivity index (χ1) is 13.7. The molecule has 1 fully saturated rings. The van der Waals surface area contributed by atoms with Crippen molar-refractivity contribution in [1.29, 1.82) is 0 Å². The summed E-state index contributed by atoms with van der Waals surface area (Å²) in [6, 6.07) is 9.45. The molecule has 0 bridgehead atoms. The van der Waals surface area contributed by atoms with Crippen LogP contribution in [0.2, 0.25) is 0 Å². The fraction of sp³-hybridized carbons (Fsp3) is 0.278. The SMILES string of the molecule is Cn1nc(Br)c2c(N3CCOCC3c3nnc(-c4ccccc4)o3)ncnc21. The molecule has 0 amide bonds. The van der Waals surface area contributed by atoms with Crippen LogP contribution in [0.1, 0.15) is 11.9 Å². The highest BCUT2D eigenvalue weighted by Crippen LogP contribution is 2.35. The highest BCUT2D eigenvalue weighted by molar-refractivity contribution is 9.10. The summed E-state index contributed by atoms with van der Waals surface area (Å²) in [5.41, 5.74) is 1.63. The first kappa shape index (κ1) is 17.3. The lowest BCUT2D eigenvalue weighted by molar-refractivity contribution is 0.0859. The molecule has 142 valence electrons. The summed E-state index contributed by atoms with van der Waals surface area (Å²) in [6.45, 7) is 1.65. The van der Waals surface area contributed by atoms with E-state index in [9.17, 15) is 0 Å². The van der Waals surface area contributed by atoms with Crippen molar-refractivity contribution in [3.63, 3.8) is 0 Å². The van der Waals surface area contributed by atoms with Gasteiger partial charge in [0.05, 0.1) is 18.6 Å². The highest BCUT2D eigenvalue weighted by atomic mass is 79.9. The zero-order valence-corrected chi connectivity index (χ0v) is 16.6. The molecule has 0 N–H and O–H groups in total. The number of benzene rings is 1. The van der Waals surface area contributed by atoms with Crippen LogP contribution < -0.4 is 4.90 Å². The fourth-order valence-electron chi connectivity index (χ4n) is 3.37. The summed E-state index contributed by atoms with van der Waals surface area (Å²) in [5, 5.41) is 13.8. The Labute approximate surface area is 168 Å². The van der Waals surface area contributed by atoms with Gasteiger partial charge < -0.3 is 14.1 Å². The van der Waals surface area contributed by atoms with Crippen LogP contribution >= 0.6 is 15.9 Å². The second-order valence-electron chi connectivity index (χ2n) is 6.41. The summed E-state index contributed by atoms with van der Waals surface area (Å²) in [7, 11) is 1.85. The summed E-state index contributed by atoms with van der Waals surface area (Å²) in [5.74, 6) is 1.74. The maximum Gasteiger partial charge on any atom is 0.247 e. The number of fused-ring (bicyclic) bond motifs is 1. The monoisotopic (exact) mass is 441 g/mol. The molecule has 1 aliphatic heterocycles. The molecule has 0 spiro atoms. The second-order valence-corrected chi connectivity index (χ2v) is 7.16. The molecule has 9 nitrogen and oxygen atoms in total.